The number of benzene rings is 3. The lowest BCUT2D eigenvalue weighted by molar-refractivity contribution is 0.0952. The fraction of sp³-hybridized carbons (Fsp3) is 0.0667. The van der Waals surface area contributed by atoms with Gasteiger partial charge in [-0.2, -0.15) is 5.26 Å². The number of hydrogen-bond donors (Lipinski definition) is 3. The minimum absolute atomic E-state index is 0.269. The van der Waals surface area contributed by atoms with E-state index in [1.807, 2.05) is 60.7 Å². The molecule has 2 heterocycles. The molecule has 38 heavy (non-hydrogen) atoms. The van der Waals surface area contributed by atoms with Crippen LogP contribution >= 0.6 is 11.6 Å². The Morgan fingerprint density at radius 3 is 2.50 bits per heavy atom. The fourth-order valence-corrected chi connectivity index (χ4v) is 4.28. The quantitative estimate of drug-likeness (QED) is 0.218. The highest BCUT2D eigenvalue weighted by Crippen LogP contribution is 2.34. The number of halogens is 1. The highest BCUT2D eigenvalue weighted by molar-refractivity contribution is 6.30. The molecule has 7 nitrogen and oxygen atoms in total. The number of aromatic nitrogens is 2. The van der Waals surface area contributed by atoms with Crippen molar-refractivity contribution in [2.24, 2.45) is 0 Å². The monoisotopic (exact) mass is 518 g/mol. The molecule has 0 atom stereocenters. The maximum absolute atomic E-state index is 13.4. The second-order valence-corrected chi connectivity index (χ2v) is 9.03. The number of fused-ring (bicyclic) bond motifs is 1. The maximum atomic E-state index is 13.4. The van der Waals surface area contributed by atoms with Crippen molar-refractivity contribution in [1.82, 2.24) is 15.3 Å². The third kappa shape index (κ3) is 5.72. The summed E-state index contributed by atoms with van der Waals surface area (Å²) in [7, 11) is 0. The van der Waals surface area contributed by atoms with Gasteiger partial charge in [0, 0.05) is 53.5 Å². The summed E-state index contributed by atoms with van der Waals surface area (Å²) in [4.78, 5) is 22.1. The SMILES string of the molecule is N#Cc1cnc2c(C(=O)NCc3ccccc3)cc(NCc3cccnc3)cc2c1Nc1cccc(Cl)c1. The molecule has 0 spiro atoms. The van der Waals surface area contributed by atoms with Gasteiger partial charge in [0.1, 0.15) is 6.07 Å². The molecule has 0 radical (unpaired) electrons. The Hall–Kier alpha value is -4.93. The lowest BCUT2D eigenvalue weighted by atomic mass is 10.0. The van der Waals surface area contributed by atoms with Crippen LogP contribution in [0.4, 0.5) is 17.1 Å². The van der Waals surface area contributed by atoms with E-state index >= 15 is 0 Å². The van der Waals surface area contributed by atoms with Gasteiger partial charge >= 0.3 is 0 Å². The smallest absolute Gasteiger partial charge is 0.253 e. The van der Waals surface area contributed by atoms with Crippen molar-refractivity contribution in [2.45, 2.75) is 13.1 Å². The van der Waals surface area contributed by atoms with Gasteiger partial charge in [-0.15, -0.1) is 0 Å². The van der Waals surface area contributed by atoms with Gasteiger partial charge < -0.3 is 16.0 Å². The number of amides is 1. The van der Waals surface area contributed by atoms with Crippen molar-refractivity contribution in [3.05, 3.63) is 125 Å². The summed E-state index contributed by atoms with van der Waals surface area (Å²) in [5, 5.41) is 20.7. The molecule has 3 aromatic carbocycles. The lowest BCUT2D eigenvalue weighted by Gasteiger charge is -2.16. The largest absolute Gasteiger partial charge is 0.381 e. The number of nitrogens with zero attached hydrogens (tertiary/aromatic N) is 3. The minimum Gasteiger partial charge on any atom is -0.381 e. The Labute approximate surface area is 225 Å². The van der Waals surface area contributed by atoms with Crippen molar-refractivity contribution in [3.8, 4) is 6.07 Å². The van der Waals surface area contributed by atoms with E-state index < -0.39 is 0 Å². The number of anilines is 3. The Kier molecular flexibility index (Phi) is 7.44. The zero-order valence-corrected chi connectivity index (χ0v) is 21.0. The van der Waals surface area contributed by atoms with Crippen molar-refractivity contribution in [1.29, 1.82) is 5.26 Å². The molecule has 0 aliphatic rings. The number of nitriles is 1. The molecule has 1 amide bonds. The van der Waals surface area contributed by atoms with E-state index in [2.05, 4.69) is 32.0 Å². The maximum Gasteiger partial charge on any atom is 0.253 e. The average Bonchev–Trinajstić information content (AvgIpc) is 2.96. The molecule has 0 saturated heterocycles. The van der Waals surface area contributed by atoms with E-state index in [-0.39, 0.29) is 5.91 Å². The standard InChI is InChI=1S/C30H23ClN6O/c31-23-9-4-10-24(12-23)37-28-22(15-32)19-35-29-26(28)13-25(34-18-21-8-5-11-33-16-21)14-27(29)30(38)36-17-20-6-2-1-3-7-20/h1-14,16,19,34H,17-18H2,(H,35,37)(H,36,38). The Morgan fingerprint density at radius 1 is 0.895 bits per heavy atom. The predicted octanol–water partition coefficient (Wildman–Crippen LogP) is 6.44. The summed E-state index contributed by atoms with van der Waals surface area (Å²) in [6, 6.07) is 26.6. The van der Waals surface area contributed by atoms with Crippen LogP contribution in [-0.4, -0.2) is 15.9 Å². The summed E-state index contributed by atoms with van der Waals surface area (Å²) in [6.07, 6.45) is 4.98. The summed E-state index contributed by atoms with van der Waals surface area (Å²) in [5.41, 5.74) is 5.15. The summed E-state index contributed by atoms with van der Waals surface area (Å²) in [6.45, 7) is 0.880. The Balaban J connectivity index is 1.57. The van der Waals surface area contributed by atoms with Crippen LogP contribution in [0.5, 0.6) is 0 Å². The van der Waals surface area contributed by atoms with Crippen LogP contribution in [0.2, 0.25) is 5.02 Å². The molecule has 0 bridgehead atoms. The van der Waals surface area contributed by atoms with Crippen LogP contribution in [0.25, 0.3) is 10.9 Å². The second kappa shape index (κ2) is 11.4. The Bertz CT molecular complexity index is 1630. The normalized spacial score (nSPS) is 10.5. The van der Waals surface area contributed by atoms with Gasteiger partial charge in [0.15, 0.2) is 0 Å². The molecule has 186 valence electrons. The van der Waals surface area contributed by atoms with Crippen LogP contribution in [-0.2, 0) is 13.1 Å². The van der Waals surface area contributed by atoms with E-state index in [4.69, 9.17) is 11.6 Å². The molecule has 2 aromatic heterocycles. The lowest BCUT2D eigenvalue weighted by Crippen LogP contribution is -2.23. The molecule has 0 unspecified atom stereocenters. The van der Waals surface area contributed by atoms with Gasteiger partial charge in [0.05, 0.1) is 22.3 Å². The van der Waals surface area contributed by atoms with Crippen molar-refractivity contribution >= 4 is 45.5 Å². The fourth-order valence-electron chi connectivity index (χ4n) is 4.09. The molecule has 0 saturated carbocycles. The molecular formula is C30H23ClN6O. The number of hydrogen-bond acceptors (Lipinski definition) is 6. The number of nitrogens with one attached hydrogen (secondary N) is 3. The second-order valence-electron chi connectivity index (χ2n) is 8.60. The molecule has 5 aromatic rings. The molecule has 8 heteroatoms. The predicted molar refractivity (Wildman–Crippen MR) is 150 cm³/mol. The summed E-state index contributed by atoms with van der Waals surface area (Å²) in [5.74, 6) is -0.269. The van der Waals surface area contributed by atoms with Gasteiger partial charge in [-0.25, -0.2) is 0 Å². The average molecular weight is 519 g/mol. The number of pyridine rings is 2. The third-order valence-electron chi connectivity index (χ3n) is 5.95. The van der Waals surface area contributed by atoms with Crippen molar-refractivity contribution in [2.75, 3.05) is 10.6 Å². The number of rotatable bonds is 8. The first kappa shape index (κ1) is 24.8. The van der Waals surface area contributed by atoms with Gasteiger partial charge in [-0.1, -0.05) is 54.1 Å². The topological polar surface area (TPSA) is 103 Å². The molecule has 3 N–H and O–H groups in total. The van der Waals surface area contributed by atoms with E-state index in [1.165, 1.54) is 6.20 Å². The Morgan fingerprint density at radius 2 is 1.74 bits per heavy atom. The number of carbonyl (C=O) groups excluding carboxylic acids is 1. The van der Waals surface area contributed by atoms with Gasteiger partial charge in [-0.05, 0) is 47.5 Å². The van der Waals surface area contributed by atoms with E-state index in [0.29, 0.717) is 57.2 Å². The van der Waals surface area contributed by atoms with Gasteiger partial charge in [0.2, 0.25) is 0 Å². The van der Waals surface area contributed by atoms with Crippen LogP contribution < -0.4 is 16.0 Å². The minimum atomic E-state index is -0.269. The van der Waals surface area contributed by atoms with E-state index in [0.717, 1.165) is 11.1 Å². The van der Waals surface area contributed by atoms with Crippen LogP contribution in [0, 0.1) is 11.3 Å². The van der Waals surface area contributed by atoms with Crippen molar-refractivity contribution in [3.63, 3.8) is 0 Å². The first-order valence-corrected chi connectivity index (χ1v) is 12.3. The molecule has 0 fully saturated rings. The summed E-state index contributed by atoms with van der Waals surface area (Å²) >= 11 is 6.19. The van der Waals surface area contributed by atoms with Crippen LogP contribution in [0.1, 0.15) is 27.0 Å². The zero-order valence-electron chi connectivity index (χ0n) is 20.3. The summed E-state index contributed by atoms with van der Waals surface area (Å²) < 4.78 is 0. The first-order chi connectivity index (χ1) is 18.6. The van der Waals surface area contributed by atoms with Crippen LogP contribution in [0.3, 0.4) is 0 Å². The van der Waals surface area contributed by atoms with E-state index in [1.54, 1.807) is 30.6 Å². The highest BCUT2D eigenvalue weighted by atomic mass is 35.5. The molecule has 5 rings (SSSR count). The highest BCUT2D eigenvalue weighted by Gasteiger charge is 2.18. The van der Waals surface area contributed by atoms with Crippen molar-refractivity contribution < 1.29 is 4.79 Å². The molecular weight excluding hydrogens is 496 g/mol. The zero-order chi connectivity index (χ0) is 26.3. The van der Waals surface area contributed by atoms with Gasteiger partial charge in [0.25, 0.3) is 5.91 Å². The third-order valence-corrected chi connectivity index (χ3v) is 6.18. The van der Waals surface area contributed by atoms with Crippen LogP contribution in [0.15, 0.2) is 97.5 Å². The van der Waals surface area contributed by atoms with E-state index in [9.17, 15) is 10.1 Å². The number of carbonyl (C=O) groups is 1. The molecule has 0 aliphatic carbocycles. The first-order valence-electron chi connectivity index (χ1n) is 11.9. The molecule has 0 aliphatic heterocycles. The van der Waals surface area contributed by atoms with Gasteiger partial charge in [-0.3, -0.25) is 14.8 Å².